The van der Waals surface area contributed by atoms with E-state index in [1.165, 1.54) is 12.8 Å². The zero-order valence-electron chi connectivity index (χ0n) is 8.83. The fourth-order valence-corrected chi connectivity index (χ4v) is 2.59. The van der Waals surface area contributed by atoms with Gasteiger partial charge in [-0.3, -0.25) is 4.90 Å². The predicted molar refractivity (Wildman–Crippen MR) is 56.6 cm³/mol. The third-order valence-electron chi connectivity index (χ3n) is 3.47. The van der Waals surface area contributed by atoms with Crippen LogP contribution in [0.15, 0.2) is 23.8 Å². The van der Waals surface area contributed by atoms with Crippen molar-refractivity contribution in [1.29, 1.82) is 0 Å². The quantitative estimate of drug-likeness (QED) is 0.514. The van der Waals surface area contributed by atoms with E-state index < -0.39 is 0 Å². The molecule has 0 aromatic carbocycles. The van der Waals surface area contributed by atoms with Crippen molar-refractivity contribution in [1.82, 2.24) is 4.90 Å². The fourth-order valence-electron chi connectivity index (χ4n) is 2.59. The molecule has 13 heavy (non-hydrogen) atoms. The smallest absolute Gasteiger partial charge is 0.0289 e. The van der Waals surface area contributed by atoms with Crippen molar-refractivity contribution >= 4 is 0 Å². The molecule has 0 spiro atoms. The number of likely N-dealkylation sites (N-methyl/N-ethyl adjacent to an activating group) is 1. The molecule has 0 radical (unpaired) electrons. The van der Waals surface area contributed by atoms with E-state index in [9.17, 15) is 0 Å². The van der Waals surface area contributed by atoms with Gasteiger partial charge in [-0.1, -0.05) is 37.6 Å². The number of hydrogen-bond acceptors (Lipinski definition) is 1. The minimum Gasteiger partial charge on any atom is -0.297 e. The van der Waals surface area contributed by atoms with E-state index in [-0.39, 0.29) is 0 Å². The zero-order valence-corrected chi connectivity index (χ0v) is 8.83. The standard InChI is InChI=1S/C10H13N.C2H6/c1-11-9-5-7-3-2-4-8(7)6-10(9)11;1-2/h2-4,7,9-10H,5-6H2,1H3;1-2H3. The van der Waals surface area contributed by atoms with Gasteiger partial charge in [0.15, 0.2) is 0 Å². The SMILES string of the molecule is CC.CN1C2CC3=CC=CC3CC21. The summed E-state index contributed by atoms with van der Waals surface area (Å²) in [4.78, 5) is 2.51. The lowest BCUT2D eigenvalue weighted by Gasteiger charge is -2.16. The molecule has 72 valence electrons. The molecule has 1 aliphatic heterocycles. The molecule has 0 N–H and O–H groups in total. The van der Waals surface area contributed by atoms with Crippen molar-refractivity contribution in [3.8, 4) is 0 Å². The van der Waals surface area contributed by atoms with Gasteiger partial charge in [-0.25, -0.2) is 0 Å². The molecule has 3 rings (SSSR count). The highest BCUT2D eigenvalue weighted by molar-refractivity contribution is 5.33. The van der Waals surface area contributed by atoms with Crippen LogP contribution < -0.4 is 0 Å². The number of hydrogen-bond donors (Lipinski definition) is 0. The van der Waals surface area contributed by atoms with Gasteiger partial charge in [0, 0.05) is 12.1 Å². The first kappa shape index (κ1) is 9.01. The number of rotatable bonds is 0. The van der Waals surface area contributed by atoms with Crippen LogP contribution in [0.4, 0.5) is 0 Å². The summed E-state index contributed by atoms with van der Waals surface area (Å²) in [5.74, 6) is 0.807. The summed E-state index contributed by atoms with van der Waals surface area (Å²) in [6.07, 6.45) is 9.61. The normalized spacial score (nSPS) is 44.1. The molecule has 1 heterocycles. The van der Waals surface area contributed by atoms with E-state index in [0.29, 0.717) is 0 Å². The van der Waals surface area contributed by atoms with E-state index in [1.807, 2.05) is 13.8 Å². The van der Waals surface area contributed by atoms with Crippen LogP contribution in [0.5, 0.6) is 0 Å². The summed E-state index contributed by atoms with van der Waals surface area (Å²) in [7, 11) is 2.25. The minimum atomic E-state index is 0.807. The Kier molecular flexibility index (Phi) is 2.29. The van der Waals surface area contributed by atoms with Crippen molar-refractivity contribution in [2.45, 2.75) is 38.8 Å². The Balaban J connectivity index is 0.000000308. The molecule has 0 aromatic rings. The number of nitrogens with zero attached hydrogens (tertiary/aromatic N) is 1. The van der Waals surface area contributed by atoms with Crippen LogP contribution in [0.3, 0.4) is 0 Å². The third-order valence-corrected chi connectivity index (χ3v) is 3.47. The molecular weight excluding hydrogens is 158 g/mol. The number of fused-ring (bicyclic) bond motifs is 2. The molecule has 3 aliphatic rings. The van der Waals surface area contributed by atoms with Gasteiger partial charge >= 0.3 is 0 Å². The Bertz CT molecular complexity index is 252. The lowest BCUT2D eigenvalue weighted by atomic mass is 9.87. The second kappa shape index (κ2) is 3.30. The highest BCUT2D eigenvalue weighted by Crippen LogP contribution is 2.45. The van der Waals surface area contributed by atoms with Gasteiger partial charge in [0.25, 0.3) is 0 Å². The molecule has 1 heteroatoms. The largest absolute Gasteiger partial charge is 0.297 e. The molecule has 1 saturated carbocycles. The Hall–Kier alpha value is -0.560. The summed E-state index contributed by atoms with van der Waals surface area (Å²) < 4.78 is 0. The maximum Gasteiger partial charge on any atom is 0.0289 e. The van der Waals surface area contributed by atoms with Crippen LogP contribution >= 0.6 is 0 Å². The van der Waals surface area contributed by atoms with Crippen molar-refractivity contribution < 1.29 is 0 Å². The average Bonchev–Trinajstić information content (AvgIpc) is 2.66. The van der Waals surface area contributed by atoms with E-state index in [0.717, 1.165) is 18.0 Å². The lowest BCUT2D eigenvalue weighted by Crippen LogP contribution is -2.12. The maximum absolute atomic E-state index is 2.51. The van der Waals surface area contributed by atoms with Gasteiger partial charge in [0.2, 0.25) is 0 Å². The van der Waals surface area contributed by atoms with Gasteiger partial charge in [-0.15, -0.1) is 0 Å². The summed E-state index contributed by atoms with van der Waals surface area (Å²) >= 11 is 0. The molecule has 4 unspecified atom stereocenters. The van der Waals surface area contributed by atoms with Crippen LogP contribution in [0.1, 0.15) is 26.7 Å². The van der Waals surface area contributed by atoms with Crippen LogP contribution in [0, 0.1) is 5.92 Å². The van der Waals surface area contributed by atoms with Gasteiger partial charge in [0.1, 0.15) is 0 Å². The average molecular weight is 177 g/mol. The second-order valence-corrected chi connectivity index (χ2v) is 3.97. The molecule has 0 amide bonds. The summed E-state index contributed by atoms with van der Waals surface area (Å²) in [5, 5.41) is 0. The first-order valence-electron chi connectivity index (χ1n) is 5.45. The zero-order chi connectivity index (χ0) is 9.42. The maximum atomic E-state index is 2.51. The molecule has 1 nitrogen and oxygen atoms in total. The summed E-state index contributed by atoms with van der Waals surface area (Å²) in [6, 6.07) is 1.82. The Morgan fingerprint density at radius 2 is 2.08 bits per heavy atom. The first-order chi connectivity index (χ1) is 6.36. The van der Waals surface area contributed by atoms with Gasteiger partial charge in [-0.05, 0) is 25.8 Å². The monoisotopic (exact) mass is 177 g/mol. The van der Waals surface area contributed by atoms with E-state index in [1.54, 1.807) is 5.57 Å². The number of allylic oxidation sites excluding steroid dienone is 3. The van der Waals surface area contributed by atoms with Gasteiger partial charge in [0.05, 0.1) is 0 Å². The van der Waals surface area contributed by atoms with Crippen LogP contribution in [-0.2, 0) is 0 Å². The first-order valence-corrected chi connectivity index (χ1v) is 5.45. The third kappa shape index (κ3) is 1.35. The lowest BCUT2D eigenvalue weighted by molar-refractivity contribution is 0.556. The van der Waals surface area contributed by atoms with Crippen molar-refractivity contribution in [2.24, 2.45) is 5.92 Å². The van der Waals surface area contributed by atoms with Gasteiger partial charge in [-0.2, -0.15) is 0 Å². The van der Waals surface area contributed by atoms with Crippen molar-refractivity contribution in [3.05, 3.63) is 23.8 Å². The van der Waals surface area contributed by atoms with E-state index >= 15 is 0 Å². The van der Waals surface area contributed by atoms with Crippen molar-refractivity contribution in [2.75, 3.05) is 7.05 Å². The molecule has 4 atom stereocenters. The fraction of sp³-hybridized carbons (Fsp3) is 0.667. The predicted octanol–water partition coefficient (Wildman–Crippen LogP) is 2.60. The van der Waals surface area contributed by atoms with Crippen molar-refractivity contribution in [3.63, 3.8) is 0 Å². The topological polar surface area (TPSA) is 3.01 Å². The van der Waals surface area contributed by atoms with Crippen LogP contribution in [-0.4, -0.2) is 24.0 Å². The highest BCUT2D eigenvalue weighted by Gasteiger charge is 2.49. The number of likely N-dealkylation sites (tertiary alicyclic amines) is 1. The molecule has 1 saturated heterocycles. The molecular formula is C12H19N. The minimum absolute atomic E-state index is 0.807. The summed E-state index contributed by atoms with van der Waals surface area (Å²) in [6.45, 7) is 4.00. The van der Waals surface area contributed by atoms with Crippen LogP contribution in [0.25, 0.3) is 0 Å². The Morgan fingerprint density at radius 1 is 1.31 bits per heavy atom. The van der Waals surface area contributed by atoms with E-state index in [2.05, 4.69) is 30.2 Å². The molecule has 0 aromatic heterocycles. The van der Waals surface area contributed by atoms with Gasteiger partial charge < -0.3 is 0 Å². The molecule has 2 aliphatic carbocycles. The Labute approximate surface area is 81.1 Å². The second-order valence-electron chi connectivity index (χ2n) is 3.97. The Morgan fingerprint density at radius 3 is 2.85 bits per heavy atom. The summed E-state index contributed by atoms with van der Waals surface area (Å²) in [5.41, 5.74) is 1.68. The molecule has 0 bridgehead atoms. The van der Waals surface area contributed by atoms with E-state index in [4.69, 9.17) is 0 Å². The highest BCUT2D eigenvalue weighted by atomic mass is 15.3. The molecule has 2 fully saturated rings. The van der Waals surface area contributed by atoms with Crippen LogP contribution in [0.2, 0.25) is 0 Å².